The number of hydroxylamine groups is 2. The summed E-state index contributed by atoms with van der Waals surface area (Å²) in [5.74, 6) is -2.30. The highest BCUT2D eigenvalue weighted by Crippen LogP contribution is 2.28. The Bertz CT molecular complexity index is 1140. The van der Waals surface area contributed by atoms with Gasteiger partial charge in [-0.05, 0) is 35.9 Å². The van der Waals surface area contributed by atoms with Crippen LogP contribution in [-0.4, -0.2) is 86.4 Å². The maximum Gasteiger partial charge on any atom is 0.414 e. The Morgan fingerprint density at radius 2 is 1.92 bits per heavy atom. The average molecular weight is 537 g/mol. The van der Waals surface area contributed by atoms with Gasteiger partial charge in [-0.1, -0.05) is 0 Å². The Labute approximate surface area is 216 Å². The normalized spacial score (nSPS) is 17.9. The molecule has 2 aromatic rings. The smallest absolute Gasteiger partial charge is 0.414 e. The minimum Gasteiger partial charge on any atom is -0.442 e. The molecule has 14 heteroatoms. The first-order valence-corrected chi connectivity index (χ1v) is 11.9. The molecule has 1 atom stereocenters. The van der Waals surface area contributed by atoms with Crippen LogP contribution in [0.25, 0.3) is 0 Å². The molecule has 1 aromatic heterocycles. The van der Waals surface area contributed by atoms with Gasteiger partial charge in [-0.15, -0.1) is 0 Å². The van der Waals surface area contributed by atoms with Gasteiger partial charge in [0, 0.05) is 32.0 Å². The van der Waals surface area contributed by atoms with Crippen molar-refractivity contribution in [2.24, 2.45) is 0 Å². The van der Waals surface area contributed by atoms with E-state index in [0.29, 0.717) is 19.6 Å². The number of hydrogen-bond donors (Lipinski definition) is 2. The second kappa shape index (κ2) is 12.6. The summed E-state index contributed by atoms with van der Waals surface area (Å²) in [4.78, 5) is 48.2. The van der Waals surface area contributed by atoms with Gasteiger partial charge in [0.05, 0.1) is 44.2 Å². The Hall–Kier alpha value is -3.91. The van der Waals surface area contributed by atoms with E-state index in [1.807, 2.05) is 17.4 Å². The number of cyclic esters (lactones) is 1. The first-order valence-electron chi connectivity index (χ1n) is 11.9. The molecule has 0 saturated carbocycles. The number of anilines is 2. The molecular formula is C24H27F3N6O5. The summed E-state index contributed by atoms with van der Waals surface area (Å²) in [5.41, 5.74) is 1.49. The van der Waals surface area contributed by atoms with Gasteiger partial charge in [0.2, 0.25) is 0 Å². The first-order chi connectivity index (χ1) is 18.3. The minimum absolute atomic E-state index is 0.0367. The fourth-order valence-corrected chi connectivity index (χ4v) is 4.04. The molecule has 0 radical (unpaired) electrons. The second-order valence-corrected chi connectivity index (χ2v) is 8.57. The first kappa shape index (κ1) is 27.1. The highest BCUT2D eigenvalue weighted by molar-refractivity contribution is 5.90. The maximum absolute atomic E-state index is 15.1. The van der Waals surface area contributed by atoms with Crippen molar-refractivity contribution >= 4 is 29.3 Å². The van der Waals surface area contributed by atoms with Gasteiger partial charge >= 0.3 is 12.5 Å². The molecule has 0 aliphatic carbocycles. The highest BCUT2D eigenvalue weighted by atomic mass is 19.3. The molecule has 2 fully saturated rings. The average Bonchev–Trinajstić information content (AvgIpc) is 3.11. The molecular weight excluding hydrogens is 509 g/mol. The molecule has 0 bridgehead atoms. The summed E-state index contributed by atoms with van der Waals surface area (Å²) in [6, 6.07) is 7.92. The molecule has 1 aromatic carbocycles. The molecule has 11 nitrogen and oxygen atoms in total. The van der Waals surface area contributed by atoms with Gasteiger partial charge in [0.25, 0.3) is 11.8 Å². The number of rotatable bonds is 9. The van der Waals surface area contributed by atoms with Gasteiger partial charge in [0.1, 0.15) is 11.9 Å². The number of benzene rings is 1. The standard InChI is InChI=1S/C24H27F3N6O5/c25-19-11-17(32-15-18(38-24(32)36)13-30-23(35)22(26)27)1-2-20(19)31-7-8-33(37-10-9-31)21(34)14-29-12-16-3-5-28-6-4-16/h1-6,11,18,22,29H,7-10,12-15H2,(H,30,35). The van der Waals surface area contributed by atoms with Crippen LogP contribution in [0.1, 0.15) is 5.56 Å². The van der Waals surface area contributed by atoms with E-state index in [2.05, 4.69) is 10.3 Å². The van der Waals surface area contributed by atoms with Crippen molar-refractivity contribution in [2.75, 3.05) is 55.7 Å². The zero-order valence-electron chi connectivity index (χ0n) is 20.3. The van der Waals surface area contributed by atoms with Crippen molar-refractivity contribution in [1.82, 2.24) is 20.7 Å². The minimum atomic E-state index is -3.17. The van der Waals surface area contributed by atoms with Crippen LogP contribution in [0.4, 0.5) is 29.3 Å². The molecule has 0 spiro atoms. The van der Waals surface area contributed by atoms with Crippen molar-refractivity contribution in [3.05, 3.63) is 54.1 Å². The molecule has 4 rings (SSSR count). The maximum atomic E-state index is 15.1. The number of nitrogens with zero attached hydrogens (tertiary/aromatic N) is 4. The molecule has 204 valence electrons. The lowest BCUT2D eigenvalue weighted by Crippen LogP contribution is -2.39. The number of aromatic nitrogens is 1. The topological polar surface area (TPSA) is 116 Å². The number of carbonyl (C=O) groups excluding carboxylic acids is 3. The van der Waals surface area contributed by atoms with Crippen molar-refractivity contribution in [3.63, 3.8) is 0 Å². The number of carbonyl (C=O) groups is 3. The monoisotopic (exact) mass is 536 g/mol. The van der Waals surface area contributed by atoms with E-state index >= 15 is 4.39 Å². The molecule has 38 heavy (non-hydrogen) atoms. The molecule has 2 N–H and O–H groups in total. The Kier molecular flexibility index (Phi) is 8.97. The molecule has 3 heterocycles. The molecule has 2 aliphatic heterocycles. The zero-order valence-corrected chi connectivity index (χ0v) is 20.3. The SMILES string of the molecule is O=C(NCC1CN(c2ccc(N3CCON(C(=O)CNCc4ccncc4)CC3)c(F)c2)C(=O)O1)C(F)F. The van der Waals surface area contributed by atoms with Gasteiger partial charge in [-0.25, -0.2) is 14.2 Å². The van der Waals surface area contributed by atoms with Crippen LogP contribution in [0.2, 0.25) is 0 Å². The lowest BCUT2D eigenvalue weighted by molar-refractivity contribution is -0.180. The van der Waals surface area contributed by atoms with Crippen molar-refractivity contribution in [2.45, 2.75) is 19.1 Å². The zero-order chi connectivity index (χ0) is 27.1. The van der Waals surface area contributed by atoms with Gasteiger partial charge in [0.15, 0.2) is 0 Å². The summed E-state index contributed by atoms with van der Waals surface area (Å²) in [5, 5.41) is 6.32. The lowest BCUT2D eigenvalue weighted by atomic mass is 10.2. The van der Waals surface area contributed by atoms with E-state index in [1.165, 1.54) is 23.3 Å². The van der Waals surface area contributed by atoms with Gasteiger partial charge < -0.3 is 20.3 Å². The van der Waals surface area contributed by atoms with E-state index in [-0.39, 0.29) is 50.1 Å². The third kappa shape index (κ3) is 6.89. The van der Waals surface area contributed by atoms with E-state index in [1.54, 1.807) is 17.3 Å². The van der Waals surface area contributed by atoms with Crippen LogP contribution in [0.5, 0.6) is 0 Å². The quantitative estimate of drug-likeness (QED) is 0.493. The predicted octanol–water partition coefficient (Wildman–Crippen LogP) is 1.30. The largest absolute Gasteiger partial charge is 0.442 e. The van der Waals surface area contributed by atoms with Crippen molar-refractivity contribution in [1.29, 1.82) is 0 Å². The lowest BCUT2D eigenvalue weighted by Gasteiger charge is -2.24. The number of alkyl halides is 2. The summed E-state index contributed by atoms with van der Waals surface area (Å²) < 4.78 is 44.8. The van der Waals surface area contributed by atoms with Gasteiger partial charge in [-0.3, -0.25) is 24.3 Å². The number of halogens is 3. The fraction of sp³-hybridized carbons (Fsp3) is 0.417. The third-order valence-electron chi connectivity index (χ3n) is 5.97. The van der Waals surface area contributed by atoms with Gasteiger partial charge in [-0.2, -0.15) is 8.78 Å². The fourth-order valence-electron chi connectivity index (χ4n) is 4.04. The van der Waals surface area contributed by atoms with E-state index < -0.39 is 30.3 Å². The van der Waals surface area contributed by atoms with Crippen molar-refractivity contribution < 1.29 is 37.1 Å². The molecule has 1 unspecified atom stereocenters. The number of ether oxygens (including phenoxy) is 1. The predicted molar refractivity (Wildman–Crippen MR) is 129 cm³/mol. The van der Waals surface area contributed by atoms with E-state index in [0.717, 1.165) is 10.5 Å². The summed E-state index contributed by atoms with van der Waals surface area (Å²) in [6.45, 7) is 1.31. The van der Waals surface area contributed by atoms with Crippen LogP contribution >= 0.6 is 0 Å². The number of pyridine rings is 1. The Morgan fingerprint density at radius 3 is 2.66 bits per heavy atom. The van der Waals surface area contributed by atoms with Crippen LogP contribution < -0.4 is 20.4 Å². The number of hydrogen-bond acceptors (Lipinski definition) is 8. The second-order valence-electron chi connectivity index (χ2n) is 8.57. The van der Waals surface area contributed by atoms with Crippen LogP contribution in [0, 0.1) is 5.82 Å². The highest BCUT2D eigenvalue weighted by Gasteiger charge is 2.33. The molecule has 3 amide bonds. The summed E-state index contributed by atoms with van der Waals surface area (Å²) >= 11 is 0. The van der Waals surface area contributed by atoms with E-state index in [4.69, 9.17) is 9.57 Å². The van der Waals surface area contributed by atoms with Crippen LogP contribution in [0.15, 0.2) is 42.7 Å². The summed E-state index contributed by atoms with van der Waals surface area (Å²) in [7, 11) is 0. The Morgan fingerprint density at radius 1 is 1.13 bits per heavy atom. The summed E-state index contributed by atoms with van der Waals surface area (Å²) in [6.07, 6.45) is -1.45. The van der Waals surface area contributed by atoms with Crippen molar-refractivity contribution in [3.8, 4) is 0 Å². The Balaban J connectivity index is 1.29. The third-order valence-corrected chi connectivity index (χ3v) is 5.97. The van der Waals surface area contributed by atoms with Crippen LogP contribution in [-0.2, 0) is 25.7 Å². The number of amides is 3. The van der Waals surface area contributed by atoms with Crippen LogP contribution in [0.3, 0.4) is 0 Å². The number of nitrogens with one attached hydrogen (secondary N) is 2. The molecule has 2 aliphatic rings. The van der Waals surface area contributed by atoms with E-state index in [9.17, 15) is 23.2 Å². The molecule has 2 saturated heterocycles.